The molecule has 1 heterocycles. The van der Waals surface area contributed by atoms with E-state index >= 15 is 0 Å². The molecule has 1 N–H and O–H groups in total. The zero-order valence-electron chi connectivity index (χ0n) is 8.95. The first kappa shape index (κ1) is 12.0. The average Bonchev–Trinajstić information content (AvgIpc) is 2.75. The Kier molecular flexibility index (Phi) is 5.10. The molecule has 1 rings (SSSR count). The topological polar surface area (TPSA) is 64.6 Å². The third-order valence-corrected chi connectivity index (χ3v) is 2.33. The summed E-state index contributed by atoms with van der Waals surface area (Å²) in [5, 5.41) is 2.73. The molecule has 0 aromatic heterocycles. The Labute approximate surface area is 89.1 Å². The van der Waals surface area contributed by atoms with Gasteiger partial charge in [-0.25, -0.2) is 0 Å². The lowest BCUT2D eigenvalue weighted by molar-refractivity contribution is -0.142. The highest BCUT2D eigenvalue weighted by molar-refractivity contribution is 5.81. The summed E-state index contributed by atoms with van der Waals surface area (Å²) in [5.41, 5.74) is 0. The third kappa shape index (κ3) is 4.78. The molecule has 1 atom stereocenters. The van der Waals surface area contributed by atoms with E-state index in [1.807, 2.05) is 0 Å². The zero-order chi connectivity index (χ0) is 11.1. The van der Waals surface area contributed by atoms with Crippen molar-refractivity contribution in [2.75, 3.05) is 20.3 Å². The van der Waals surface area contributed by atoms with Crippen LogP contribution in [0.25, 0.3) is 0 Å². The van der Waals surface area contributed by atoms with Crippen LogP contribution in [0.1, 0.15) is 25.7 Å². The van der Waals surface area contributed by atoms with Crippen molar-refractivity contribution in [2.24, 2.45) is 0 Å². The van der Waals surface area contributed by atoms with Crippen LogP contribution in [0.15, 0.2) is 0 Å². The Morgan fingerprint density at radius 3 is 2.87 bits per heavy atom. The minimum absolute atomic E-state index is 0.129. The van der Waals surface area contributed by atoms with Crippen molar-refractivity contribution < 1.29 is 19.1 Å². The lowest BCUT2D eigenvalue weighted by Crippen LogP contribution is -2.31. The van der Waals surface area contributed by atoms with E-state index < -0.39 is 0 Å². The molecule has 1 fully saturated rings. The fourth-order valence-corrected chi connectivity index (χ4v) is 1.44. The summed E-state index contributed by atoms with van der Waals surface area (Å²) < 4.78 is 9.78. The van der Waals surface area contributed by atoms with Gasteiger partial charge in [0.2, 0.25) is 5.91 Å². The number of ether oxygens (including phenoxy) is 2. The molecule has 1 amide bonds. The molecular formula is C10H17NO4. The highest BCUT2D eigenvalue weighted by Crippen LogP contribution is 2.10. The molecule has 15 heavy (non-hydrogen) atoms. The predicted molar refractivity (Wildman–Crippen MR) is 53.2 cm³/mol. The van der Waals surface area contributed by atoms with Gasteiger partial charge in [-0.1, -0.05) is 0 Å². The smallest absolute Gasteiger partial charge is 0.306 e. The standard InChI is InChI=1S/C10H17NO4/c1-14-10(13)5-4-9(12)11-7-8-3-2-6-15-8/h8H,2-7H2,1H3,(H,11,12). The van der Waals surface area contributed by atoms with Crippen molar-refractivity contribution in [1.82, 2.24) is 5.32 Å². The highest BCUT2D eigenvalue weighted by atomic mass is 16.5. The number of rotatable bonds is 5. The van der Waals surface area contributed by atoms with Gasteiger partial charge in [-0.3, -0.25) is 9.59 Å². The van der Waals surface area contributed by atoms with Crippen LogP contribution in [-0.4, -0.2) is 38.2 Å². The van der Waals surface area contributed by atoms with Crippen LogP contribution in [0.5, 0.6) is 0 Å². The monoisotopic (exact) mass is 215 g/mol. The highest BCUT2D eigenvalue weighted by Gasteiger charge is 2.16. The Morgan fingerprint density at radius 2 is 2.27 bits per heavy atom. The second-order valence-electron chi connectivity index (χ2n) is 3.52. The van der Waals surface area contributed by atoms with E-state index in [1.165, 1.54) is 7.11 Å². The number of carbonyl (C=O) groups excluding carboxylic acids is 2. The molecule has 0 radical (unpaired) electrons. The van der Waals surface area contributed by atoms with Crippen molar-refractivity contribution in [2.45, 2.75) is 31.8 Å². The van der Waals surface area contributed by atoms with E-state index in [-0.39, 0.29) is 30.8 Å². The van der Waals surface area contributed by atoms with E-state index in [4.69, 9.17) is 4.74 Å². The van der Waals surface area contributed by atoms with Crippen molar-refractivity contribution >= 4 is 11.9 Å². The van der Waals surface area contributed by atoms with Crippen LogP contribution in [0, 0.1) is 0 Å². The van der Waals surface area contributed by atoms with Crippen molar-refractivity contribution in [3.8, 4) is 0 Å². The van der Waals surface area contributed by atoms with E-state index in [2.05, 4.69) is 10.1 Å². The molecule has 5 nitrogen and oxygen atoms in total. The summed E-state index contributed by atoms with van der Waals surface area (Å²) >= 11 is 0. The zero-order valence-corrected chi connectivity index (χ0v) is 8.95. The van der Waals surface area contributed by atoms with E-state index in [0.717, 1.165) is 19.4 Å². The molecule has 0 saturated carbocycles. The second kappa shape index (κ2) is 6.40. The molecule has 1 saturated heterocycles. The van der Waals surface area contributed by atoms with Gasteiger partial charge in [-0.2, -0.15) is 0 Å². The normalized spacial score (nSPS) is 19.9. The van der Waals surface area contributed by atoms with Crippen LogP contribution >= 0.6 is 0 Å². The Hall–Kier alpha value is -1.10. The number of amides is 1. The lowest BCUT2D eigenvalue weighted by atomic mass is 10.2. The van der Waals surface area contributed by atoms with Gasteiger partial charge in [0.25, 0.3) is 0 Å². The first-order valence-electron chi connectivity index (χ1n) is 5.17. The predicted octanol–water partition coefficient (Wildman–Crippen LogP) is 0.235. The van der Waals surface area contributed by atoms with Gasteiger partial charge < -0.3 is 14.8 Å². The van der Waals surface area contributed by atoms with E-state index in [0.29, 0.717) is 6.54 Å². The molecule has 1 unspecified atom stereocenters. The number of hydrogen-bond donors (Lipinski definition) is 1. The largest absolute Gasteiger partial charge is 0.469 e. The minimum atomic E-state index is -0.359. The maximum Gasteiger partial charge on any atom is 0.306 e. The van der Waals surface area contributed by atoms with Crippen LogP contribution < -0.4 is 5.32 Å². The maximum atomic E-state index is 11.2. The van der Waals surface area contributed by atoms with Gasteiger partial charge in [-0.15, -0.1) is 0 Å². The third-order valence-electron chi connectivity index (χ3n) is 2.33. The molecule has 1 aliphatic heterocycles. The van der Waals surface area contributed by atoms with Crippen LogP contribution in [0.3, 0.4) is 0 Å². The average molecular weight is 215 g/mol. The molecule has 5 heteroatoms. The molecule has 0 aromatic carbocycles. The molecule has 1 aliphatic rings. The summed E-state index contributed by atoms with van der Waals surface area (Å²) in [5.74, 6) is -0.488. The van der Waals surface area contributed by atoms with Crippen LogP contribution in [-0.2, 0) is 19.1 Å². The molecule has 0 aliphatic carbocycles. The Bertz CT molecular complexity index is 223. The minimum Gasteiger partial charge on any atom is -0.469 e. The summed E-state index contributed by atoms with van der Waals surface area (Å²) in [6.45, 7) is 1.32. The fourth-order valence-electron chi connectivity index (χ4n) is 1.44. The Balaban J connectivity index is 2.05. The van der Waals surface area contributed by atoms with Gasteiger partial charge >= 0.3 is 5.97 Å². The number of nitrogens with one attached hydrogen (secondary N) is 1. The number of hydrogen-bond acceptors (Lipinski definition) is 4. The van der Waals surface area contributed by atoms with Crippen molar-refractivity contribution in [3.05, 3.63) is 0 Å². The molecular weight excluding hydrogens is 198 g/mol. The van der Waals surface area contributed by atoms with Crippen molar-refractivity contribution in [1.29, 1.82) is 0 Å². The summed E-state index contributed by atoms with van der Waals surface area (Å²) in [7, 11) is 1.31. The fraction of sp³-hybridized carbons (Fsp3) is 0.800. The molecule has 0 bridgehead atoms. The van der Waals surface area contributed by atoms with Crippen LogP contribution in [0.2, 0.25) is 0 Å². The quantitative estimate of drug-likeness (QED) is 0.667. The van der Waals surface area contributed by atoms with Gasteiger partial charge in [0, 0.05) is 19.6 Å². The summed E-state index contributed by atoms with van der Waals surface area (Å²) in [6, 6.07) is 0. The first-order chi connectivity index (χ1) is 7.22. The molecule has 0 aromatic rings. The Morgan fingerprint density at radius 1 is 1.47 bits per heavy atom. The van der Waals surface area contributed by atoms with Crippen molar-refractivity contribution in [3.63, 3.8) is 0 Å². The number of methoxy groups -OCH3 is 1. The summed E-state index contributed by atoms with van der Waals surface area (Å²) in [4.78, 5) is 22.0. The van der Waals surface area contributed by atoms with Gasteiger partial charge in [0.1, 0.15) is 0 Å². The maximum absolute atomic E-state index is 11.2. The number of esters is 1. The van der Waals surface area contributed by atoms with Gasteiger partial charge in [0.05, 0.1) is 19.6 Å². The molecule has 86 valence electrons. The van der Waals surface area contributed by atoms with Gasteiger partial charge in [0.15, 0.2) is 0 Å². The van der Waals surface area contributed by atoms with Crippen LogP contribution in [0.4, 0.5) is 0 Å². The van der Waals surface area contributed by atoms with E-state index in [9.17, 15) is 9.59 Å². The van der Waals surface area contributed by atoms with Gasteiger partial charge in [-0.05, 0) is 12.8 Å². The first-order valence-corrected chi connectivity index (χ1v) is 5.17. The van der Waals surface area contributed by atoms with E-state index in [1.54, 1.807) is 0 Å². The number of carbonyl (C=O) groups is 2. The SMILES string of the molecule is COC(=O)CCC(=O)NCC1CCCO1. The lowest BCUT2D eigenvalue weighted by Gasteiger charge is -2.10. The molecule has 0 spiro atoms. The summed E-state index contributed by atoms with van der Waals surface area (Å²) in [6.07, 6.45) is 2.51. The second-order valence-corrected chi connectivity index (χ2v) is 3.52.